The van der Waals surface area contributed by atoms with Crippen molar-refractivity contribution in [2.45, 2.75) is 65.5 Å². The monoisotopic (exact) mass is 365 g/mol. The molecule has 1 aliphatic rings. The fraction of sp³-hybridized carbons (Fsp3) is 0.667. The van der Waals surface area contributed by atoms with Crippen LogP contribution in [0.2, 0.25) is 0 Å². The molecule has 1 aliphatic carbocycles. The Morgan fingerprint density at radius 2 is 1.92 bits per heavy atom. The average Bonchev–Trinajstić information content (AvgIpc) is 3.23. The molecule has 0 N–H and O–H groups in total. The average molecular weight is 366 g/mol. The number of amides is 1. The van der Waals surface area contributed by atoms with Crippen molar-refractivity contribution in [2.75, 3.05) is 18.0 Å². The van der Waals surface area contributed by atoms with Gasteiger partial charge in [0.25, 0.3) is 5.91 Å². The molecule has 0 aromatic carbocycles. The third kappa shape index (κ3) is 3.31. The maximum Gasteiger partial charge on any atom is 0.264 e. The van der Waals surface area contributed by atoms with E-state index >= 15 is 0 Å². The molecule has 0 saturated heterocycles. The van der Waals surface area contributed by atoms with E-state index in [9.17, 15) is 4.79 Å². The second kappa shape index (κ2) is 7.40. The summed E-state index contributed by atoms with van der Waals surface area (Å²) in [6, 6.07) is 2.72. The fourth-order valence-corrected chi connectivity index (χ4v) is 5.87. The molecule has 24 heavy (non-hydrogen) atoms. The first-order chi connectivity index (χ1) is 11.5. The lowest BCUT2D eigenvalue weighted by molar-refractivity contribution is 0.0618. The number of carbonyl (C=O) groups is 1. The number of nitrogens with zero attached hydrogens (tertiary/aromatic N) is 3. The quantitative estimate of drug-likeness (QED) is 0.723. The number of fused-ring (bicyclic) bond motifs is 1. The molecular formula is C18H27N3OS2. The predicted molar refractivity (Wildman–Crippen MR) is 105 cm³/mol. The Bertz CT molecular complexity index is 665. The Morgan fingerprint density at radius 1 is 1.25 bits per heavy atom. The predicted octanol–water partition coefficient (Wildman–Crippen LogP) is 5.00. The van der Waals surface area contributed by atoms with Crippen LogP contribution in [-0.2, 0) is 0 Å². The molecule has 0 aliphatic heterocycles. The van der Waals surface area contributed by atoms with Crippen LogP contribution in [0.3, 0.4) is 0 Å². The molecule has 1 saturated carbocycles. The van der Waals surface area contributed by atoms with Gasteiger partial charge in [-0.05, 0) is 46.6 Å². The van der Waals surface area contributed by atoms with Crippen molar-refractivity contribution in [1.82, 2.24) is 9.88 Å². The molecule has 132 valence electrons. The molecule has 1 fully saturated rings. The first-order valence-electron chi connectivity index (χ1n) is 9.03. The number of hydrogen-bond donors (Lipinski definition) is 0. The summed E-state index contributed by atoms with van der Waals surface area (Å²) in [6.45, 7) is 10.5. The molecule has 0 radical (unpaired) electrons. The van der Waals surface area contributed by atoms with Gasteiger partial charge in [-0.2, -0.15) is 0 Å². The topological polar surface area (TPSA) is 36.4 Å². The van der Waals surface area contributed by atoms with Crippen molar-refractivity contribution in [3.05, 3.63) is 10.9 Å². The number of aromatic nitrogens is 1. The van der Waals surface area contributed by atoms with Crippen molar-refractivity contribution < 1.29 is 4.79 Å². The minimum atomic E-state index is 0.191. The Labute approximate surface area is 152 Å². The Balaban J connectivity index is 1.85. The first-order valence-corrected chi connectivity index (χ1v) is 10.7. The van der Waals surface area contributed by atoms with Crippen LogP contribution in [0.25, 0.3) is 9.53 Å². The number of carbonyl (C=O) groups excluding carboxylic acids is 1. The van der Waals surface area contributed by atoms with Crippen molar-refractivity contribution in [1.29, 1.82) is 0 Å². The van der Waals surface area contributed by atoms with Gasteiger partial charge < -0.3 is 9.80 Å². The van der Waals surface area contributed by atoms with E-state index in [4.69, 9.17) is 4.98 Å². The summed E-state index contributed by atoms with van der Waals surface area (Å²) in [5.41, 5.74) is 0. The number of anilines is 1. The minimum absolute atomic E-state index is 0.191. The van der Waals surface area contributed by atoms with Crippen LogP contribution in [0.15, 0.2) is 6.07 Å². The summed E-state index contributed by atoms with van der Waals surface area (Å²) in [5.74, 6) is 0.191. The van der Waals surface area contributed by atoms with Crippen molar-refractivity contribution in [3.8, 4) is 0 Å². The SMILES string of the molecule is CCN(CC)c1nc2sc(C(=O)N(C(C)C)C3CCCC3)cc2s1. The van der Waals surface area contributed by atoms with Gasteiger partial charge in [0.1, 0.15) is 4.83 Å². The third-order valence-corrected chi connectivity index (χ3v) is 7.04. The second-order valence-corrected chi connectivity index (χ2v) is 8.73. The van der Waals surface area contributed by atoms with Crippen LogP contribution in [-0.4, -0.2) is 41.0 Å². The summed E-state index contributed by atoms with van der Waals surface area (Å²) < 4.78 is 1.14. The van der Waals surface area contributed by atoms with Crippen molar-refractivity contribution in [2.24, 2.45) is 0 Å². The lowest BCUT2D eigenvalue weighted by Gasteiger charge is -2.32. The Hall–Kier alpha value is -1.14. The fourth-order valence-electron chi connectivity index (χ4n) is 3.59. The maximum atomic E-state index is 13.1. The summed E-state index contributed by atoms with van der Waals surface area (Å²) in [6.07, 6.45) is 4.78. The van der Waals surface area contributed by atoms with Gasteiger partial charge in [0.05, 0.1) is 9.58 Å². The standard InChI is InChI=1S/C18H27N3OS2/c1-5-20(6-2)18-19-16-14(24-18)11-15(23-16)17(22)21(12(3)4)13-9-7-8-10-13/h11-13H,5-10H2,1-4H3. The molecule has 2 heterocycles. The zero-order valence-electron chi connectivity index (χ0n) is 15.0. The molecule has 2 aromatic heterocycles. The van der Waals surface area contributed by atoms with Crippen LogP contribution in [0.4, 0.5) is 5.13 Å². The van der Waals surface area contributed by atoms with Crippen LogP contribution in [0.1, 0.15) is 63.0 Å². The van der Waals surface area contributed by atoms with E-state index in [0.29, 0.717) is 6.04 Å². The minimum Gasteiger partial charge on any atom is -0.349 e. The van der Waals surface area contributed by atoms with Crippen LogP contribution in [0.5, 0.6) is 0 Å². The molecule has 0 spiro atoms. The normalized spacial score (nSPS) is 15.5. The summed E-state index contributed by atoms with van der Waals surface area (Å²) in [4.78, 5) is 24.0. The highest BCUT2D eigenvalue weighted by Crippen LogP contribution is 2.36. The first kappa shape index (κ1) is 17.7. The molecule has 2 aromatic rings. The molecular weight excluding hydrogens is 338 g/mol. The molecule has 1 amide bonds. The van der Waals surface area contributed by atoms with E-state index in [1.807, 2.05) is 0 Å². The smallest absolute Gasteiger partial charge is 0.264 e. The molecule has 0 unspecified atom stereocenters. The zero-order valence-corrected chi connectivity index (χ0v) is 16.7. The second-order valence-electron chi connectivity index (χ2n) is 6.69. The lowest BCUT2D eigenvalue weighted by atomic mass is 10.1. The number of rotatable bonds is 6. The van der Waals surface area contributed by atoms with Crippen LogP contribution >= 0.6 is 22.7 Å². The van der Waals surface area contributed by atoms with E-state index in [1.54, 1.807) is 22.7 Å². The lowest BCUT2D eigenvalue weighted by Crippen LogP contribution is -2.43. The van der Waals surface area contributed by atoms with Crippen LogP contribution < -0.4 is 4.90 Å². The van der Waals surface area contributed by atoms with E-state index in [1.165, 1.54) is 12.8 Å². The number of hydrogen-bond acceptors (Lipinski definition) is 5. The van der Waals surface area contributed by atoms with Gasteiger partial charge >= 0.3 is 0 Å². The number of thiophene rings is 1. The van der Waals surface area contributed by atoms with E-state index in [-0.39, 0.29) is 11.9 Å². The van der Waals surface area contributed by atoms with Crippen LogP contribution in [0, 0.1) is 0 Å². The molecule has 6 heteroatoms. The highest BCUT2D eigenvalue weighted by Gasteiger charge is 2.30. The largest absolute Gasteiger partial charge is 0.349 e. The maximum absolute atomic E-state index is 13.1. The molecule has 4 nitrogen and oxygen atoms in total. The molecule has 0 bridgehead atoms. The molecule has 3 rings (SSSR count). The van der Waals surface area contributed by atoms with E-state index in [0.717, 1.165) is 45.5 Å². The van der Waals surface area contributed by atoms with E-state index < -0.39 is 0 Å². The van der Waals surface area contributed by atoms with Gasteiger partial charge in [-0.3, -0.25) is 4.79 Å². The van der Waals surface area contributed by atoms with Gasteiger partial charge in [0.15, 0.2) is 5.13 Å². The highest BCUT2D eigenvalue weighted by molar-refractivity contribution is 7.29. The zero-order chi connectivity index (χ0) is 17.3. The Kier molecular flexibility index (Phi) is 5.45. The van der Waals surface area contributed by atoms with Crippen molar-refractivity contribution >= 4 is 43.2 Å². The van der Waals surface area contributed by atoms with Gasteiger partial charge in [-0.15, -0.1) is 11.3 Å². The summed E-state index contributed by atoms with van der Waals surface area (Å²) >= 11 is 3.25. The van der Waals surface area contributed by atoms with Gasteiger partial charge in [0, 0.05) is 25.2 Å². The Morgan fingerprint density at radius 3 is 2.46 bits per heavy atom. The van der Waals surface area contributed by atoms with Gasteiger partial charge in [-0.1, -0.05) is 24.2 Å². The third-order valence-electron chi connectivity index (χ3n) is 4.83. The molecule has 0 atom stereocenters. The van der Waals surface area contributed by atoms with Gasteiger partial charge in [0.2, 0.25) is 0 Å². The summed E-state index contributed by atoms with van der Waals surface area (Å²) in [5, 5.41) is 1.07. The van der Waals surface area contributed by atoms with Crippen molar-refractivity contribution in [3.63, 3.8) is 0 Å². The van der Waals surface area contributed by atoms with Gasteiger partial charge in [-0.25, -0.2) is 4.98 Å². The van der Waals surface area contributed by atoms with E-state index in [2.05, 4.69) is 43.6 Å². The highest BCUT2D eigenvalue weighted by atomic mass is 32.1. The number of thiazole rings is 1. The summed E-state index contributed by atoms with van der Waals surface area (Å²) in [7, 11) is 0.